The lowest BCUT2D eigenvalue weighted by Gasteiger charge is -2.21. The van der Waals surface area contributed by atoms with Crippen LogP contribution < -0.4 is 0 Å². The Morgan fingerprint density at radius 1 is 1.32 bits per heavy atom. The average Bonchev–Trinajstić information content (AvgIpc) is 2.35. The summed E-state index contributed by atoms with van der Waals surface area (Å²) in [5.41, 5.74) is 1.04. The number of alkyl halides is 3. The second-order valence-electron chi connectivity index (χ2n) is 4.32. The van der Waals surface area contributed by atoms with Crippen LogP contribution in [0.4, 0.5) is 13.2 Å². The zero-order chi connectivity index (χ0) is 14.1. The Balaban J connectivity index is 1.98. The van der Waals surface area contributed by atoms with Crippen LogP contribution >= 0.6 is 12.0 Å². The van der Waals surface area contributed by atoms with Crippen LogP contribution in [-0.4, -0.2) is 31.4 Å². The molecule has 4 nitrogen and oxygen atoms in total. The van der Waals surface area contributed by atoms with Crippen molar-refractivity contribution in [3.8, 4) is 0 Å². The first-order valence-corrected chi connectivity index (χ1v) is 6.99. The van der Waals surface area contributed by atoms with Crippen molar-refractivity contribution in [2.45, 2.75) is 38.3 Å². The van der Waals surface area contributed by atoms with E-state index in [0.717, 1.165) is 31.4 Å². The van der Waals surface area contributed by atoms with Crippen molar-refractivity contribution in [3.63, 3.8) is 0 Å². The second kappa shape index (κ2) is 8.65. The molecule has 1 fully saturated rings. The van der Waals surface area contributed by atoms with E-state index >= 15 is 0 Å². The van der Waals surface area contributed by atoms with Gasteiger partial charge in [0, 0.05) is 17.8 Å². The maximum absolute atomic E-state index is 11.8. The molecule has 0 aromatic heterocycles. The number of oxime groups is 1. The van der Waals surface area contributed by atoms with Gasteiger partial charge in [0.1, 0.15) is 7.11 Å². The van der Waals surface area contributed by atoms with Gasteiger partial charge in [-0.3, -0.25) is 0 Å². The number of halogens is 3. The van der Waals surface area contributed by atoms with Gasteiger partial charge in [-0.05, 0) is 31.6 Å². The van der Waals surface area contributed by atoms with Crippen LogP contribution in [0.25, 0.3) is 0 Å². The molecule has 1 saturated carbocycles. The highest BCUT2D eigenvalue weighted by atomic mass is 32.2. The summed E-state index contributed by atoms with van der Waals surface area (Å²) < 4.78 is 40.1. The first-order chi connectivity index (χ1) is 9.01. The van der Waals surface area contributed by atoms with E-state index in [1.165, 1.54) is 7.11 Å². The number of rotatable bonds is 7. The van der Waals surface area contributed by atoms with Gasteiger partial charge in [-0.15, -0.1) is 0 Å². The predicted octanol–water partition coefficient (Wildman–Crippen LogP) is 3.73. The third-order valence-corrected chi connectivity index (χ3v) is 3.33. The van der Waals surface area contributed by atoms with Crippen molar-refractivity contribution < 1.29 is 27.2 Å². The largest absolute Gasteiger partial charge is 0.399 e. The van der Waals surface area contributed by atoms with Crippen LogP contribution in [-0.2, 0) is 14.1 Å². The van der Waals surface area contributed by atoms with Crippen LogP contribution in [0, 0.1) is 5.92 Å². The third kappa shape index (κ3) is 8.33. The van der Waals surface area contributed by atoms with Gasteiger partial charge in [0.15, 0.2) is 0 Å². The van der Waals surface area contributed by atoms with Gasteiger partial charge in [-0.2, -0.15) is 17.5 Å². The van der Waals surface area contributed by atoms with Gasteiger partial charge >= 0.3 is 6.18 Å². The monoisotopic (exact) mass is 301 g/mol. The molecule has 19 heavy (non-hydrogen) atoms. The molecule has 0 bridgehead atoms. The van der Waals surface area contributed by atoms with Gasteiger partial charge in [-0.25, -0.2) is 4.89 Å². The topological polar surface area (TPSA) is 40.0 Å². The van der Waals surface area contributed by atoms with Crippen LogP contribution in [0.3, 0.4) is 0 Å². The van der Waals surface area contributed by atoms with E-state index in [9.17, 15) is 13.2 Å². The Morgan fingerprint density at radius 3 is 2.58 bits per heavy atom. The molecular formula is C11H18F3NO3S. The van der Waals surface area contributed by atoms with E-state index in [0.29, 0.717) is 24.6 Å². The number of nitrogens with zero attached hydrogens (tertiary/aromatic N) is 1. The molecule has 1 aliphatic carbocycles. The molecule has 0 saturated heterocycles. The molecule has 0 radical (unpaired) electrons. The minimum absolute atomic E-state index is 0.154. The highest BCUT2D eigenvalue weighted by Crippen LogP contribution is 2.24. The van der Waals surface area contributed by atoms with Gasteiger partial charge in [-0.1, -0.05) is 5.16 Å². The van der Waals surface area contributed by atoms with Gasteiger partial charge < -0.3 is 4.84 Å². The molecule has 0 aliphatic heterocycles. The van der Waals surface area contributed by atoms with E-state index in [1.807, 2.05) is 0 Å². The number of hydrogen-bond acceptors (Lipinski definition) is 5. The first-order valence-electron chi connectivity index (χ1n) is 6.08. The molecule has 1 aliphatic rings. The van der Waals surface area contributed by atoms with Gasteiger partial charge in [0.05, 0.1) is 18.7 Å². The van der Waals surface area contributed by atoms with E-state index in [1.54, 1.807) is 0 Å². The SMILES string of the molecule is CON=C1CCC(COOSCCC(F)(F)F)CC1. The maximum Gasteiger partial charge on any atom is 0.389 e. The van der Waals surface area contributed by atoms with Crippen molar-refractivity contribution in [1.82, 2.24) is 0 Å². The summed E-state index contributed by atoms with van der Waals surface area (Å²) in [7, 11) is 1.52. The van der Waals surface area contributed by atoms with Crippen molar-refractivity contribution >= 4 is 17.8 Å². The number of hydrogen-bond donors (Lipinski definition) is 0. The quantitative estimate of drug-likeness (QED) is 0.311. The molecular weight excluding hydrogens is 283 g/mol. The second-order valence-corrected chi connectivity index (χ2v) is 5.10. The fourth-order valence-electron chi connectivity index (χ4n) is 1.75. The zero-order valence-corrected chi connectivity index (χ0v) is 11.6. The van der Waals surface area contributed by atoms with Crippen molar-refractivity contribution in [2.24, 2.45) is 11.1 Å². The lowest BCUT2D eigenvalue weighted by molar-refractivity contribution is -0.202. The molecule has 8 heteroatoms. The van der Waals surface area contributed by atoms with Gasteiger partial charge in [0.2, 0.25) is 0 Å². The molecule has 112 valence electrons. The van der Waals surface area contributed by atoms with E-state index in [2.05, 4.69) is 9.49 Å². The summed E-state index contributed by atoms with van der Waals surface area (Å²) in [6.45, 7) is 0.402. The fourth-order valence-corrected chi connectivity index (χ4v) is 2.25. The zero-order valence-electron chi connectivity index (χ0n) is 10.7. The first kappa shape index (κ1) is 16.6. The Hall–Kier alpha value is -0.470. The highest BCUT2D eigenvalue weighted by molar-refractivity contribution is 7.94. The van der Waals surface area contributed by atoms with Crippen LogP contribution in [0.2, 0.25) is 0 Å². The molecule has 0 N–H and O–H groups in total. The van der Waals surface area contributed by atoms with Crippen LogP contribution in [0.1, 0.15) is 32.1 Å². The third-order valence-electron chi connectivity index (χ3n) is 2.77. The Labute approximate surface area is 114 Å². The fraction of sp³-hybridized carbons (Fsp3) is 0.909. The molecule has 0 spiro atoms. The van der Waals surface area contributed by atoms with Crippen molar-refractivity contribution in [3.05, 3.63) is 0 Å². The molecule has 0 amide bonds. The molecule has 0 heterocycles. The van der Waals surface area contributed by atoms with E-state index in [-0.39, 0.29) is 5.75 Å². The van der Waals surface area contributed by atoms with Gasteiger partial charge in [0.25, 0.3) is 0 Å². The van der Waals surface area contributed by atoms with Crippen LogP contribution in [0.15, 0.2) is 5.16 Å². The summed E-state index contributed by atoms with van der Waals surface area (Å²) in [5, 5.41) is 3.90. The average molecular weight is 301 g/mol. The smallest absolute Gasteiger partial charge is 0.389 e. The molecule has 0 aromatic rings. The molecule has 0 aromatic carbocycles. The van der Waals surface area contributed by atoms with E-state index in [4.69, 9.17) is 9.73 Å². The Morgan fingerprint density at radius 2 is 2.00 bits per heavy atom. The Kier molecular flexibility index (Phi) is 7.55. The van der Waals surface area contributed by atoms with E-state index < -0.39 is 12.6 Å². The minimum atomic E-state index is -4.14. The minimum Gasteiger partial charge on any atom is -0.399 e. The lowest BCUT2D eigenvalue weighted by Crippen LogP contribution is -2.18. The maximum atomic E-state index is 11.8. The summed E-state index contributed by atoms with van der Waals surface area (Å²) >= 11 is 0.691. The van der Waals surface area contributed by atoms with Crippen LogP contribution in [0.5, 0.6) is 0 Å². The standard InChI is InChI=1S/C11H18F3NO3S/c1-16-15-10-4-2-9(3-5-10)8-17-18-19-7-6-11(12,13)14/h9H,2-8H2,1H3. The summed E-state index contributed by atoms with van der Waals surface area (Å²) in [4.78, 5) is 9.61. The molecule has 0 atom stereocenters. The van der Waals surface area contributed by atoms with Crippen molar-refractivity contribution in [2.75, 3.05) is 19.5 Å². The summed E-state index contributed by atoms with van der Waals surface area (Å²) in [6.07, 6.45) is -1.43. The predicted molar refractivity (Wildman–Crippen MR) is 66.6 cm³/mol. The lowest BCUT2D eigenvalue weighted by atomic mass is 9.89. The van der Waals surface area contributed by atoms with Crippen molar-refractivity contribution in [1.29, 1.82) is 0 Å². The summed E-state index contributed by atoms with van der Waals surface area (Å²) in [5.74, 6) is 0.206. The summed E-state index contributed by atoms with van der Waals surface area (Å²) in [6, 6.07) is 0. The highest BCUT2D eigenvalue weighted by Gasteiger charge is 2.26. The molecule has 0 unspecified atom stereocenters. The normalized spacial score (nSPS) is 20.4. The molecule has 1 rings (SSSR count). The Bertz CT molecular complexity index is 277.